The van der Waals surface area contributed by atoms with Crippen molar-refractivity contribution in [2.24, 2.45) is 5.92 Å². The lowest BCUT2D eigenvalue weighted by Gasteiger charge is -2.29. The maximum absolute atomic E-state index is 12.9. The molecule has 2 saturated heterocycles. The third-order valence-electron chi connectivity index (χ3n) is 5.09. The van der Waals surface area contributed by atoms with E-state index in [4.69, 9.17) is 22.1 Å². The molecule has 2 heterocycles. The molecule has 1 amide bonds. The van der Waals surface area contributed by atoms with E-state index in [1.165, 1.54) is 32.4 Å². The van der Waals surface area contributed by atoms with Crippen LogP contribution in [-0.2, 0) is 0 Å². The standard InChI is InChI=1S/C18H26ClN3O2/c1-24-17-10-16(20)15(19)9-14(17)18(23)22-8-5-13(12-22)11-21-6-3-2-4-7-21/h9-10,13H,2-8,11-12,20H2,1H3. The normalized spacial score (nSPS) is 21.9. The molecule has 0 saturated carbocycles. The van der Waals surface area contributed by atoms with Gasteiger partial charge in [-0.05, 0) is 44.3 Å². The van der Waals surface area contributed by atoms with E-state index in [2.05, 4.69) is 4.90 Å². The number of methoxy groups -OCH3 is 1. The third-order valence-corrected chi connectivity index (χ3v) is 5.41. The number of likely N-dealkylation sites (tertiary alicyclic amines) is 2. The summed E-state index contributed by atoms with van der Waals surface area (Å²) in [6, 6.07) is 3.24. The van der Waals surface area contributed by atoms with Crippen molar-refractivity contribution in [1.82, 2.24) is 9.80 Å². The molecule has 3 rings (SSSR count). The van der Waals surface area contributed by atoms with Gasteiger partial charge in [0.05, 0.1) is 23.4 Å². The van der Waals surface area contributed by atoms with E-state index in [9.17, 15) is 4.79 Å². The molecule has 5 nitrogen and oxygen atoms in total. The molecule has 2 aliphatic rings. The van der Waals surface area contributed by atoms with Crippen molar-refractivity contribution >= 4 is 23.2 Å². The minimum Gasteiger partial charge on any atom is -0.496 e. The number of ether oxygens (including phenoxy) is 1. The number of rotatable bonds is 4. The van der Waals surface area contributed by atoms with Crippen LogP contribution in [0, 0.1) is 5.92 Å². The second-order valence-electron chi connectivity index (χ2n) is 6.84. The van der Waals surface area contributed by atoms with Crippen LogP contribution < -0.4 is 10.5 Å². The SMILES string of the molecule is COc1cc(N)c(Cl)cc1C(=O)N1CCC(CN2CCCCC2)C1. The number of halogens is 1. The molecular formula is C18H26ClN3O2. The smallest absolute Gasteiger partial charge is 0.257 e. The van der Waals surface area contributed by atoms with E-state index >= 15 is 0 Å². The molecule has 1 unspecified atom stereocenters. The van der Waals surface area contributed by atoms with Gasteiger partial charge in [-0.3, -0.25) is 4.79 Å². The third kappa shape index (κ3) is 3.78. The number of piperidine rings is 1. The first kappa shape index (κ1) is 17.4. The van der Waals surface area contributed by atoms with Gasteiger partial charge in [-0.15, -0.1) is 0 Å². The van der Waals surface area contributed by atoms with E-state index in [-0.39, 0.29) is 5.91 Å². The minimum atomic E-state index is -0.0186. The molecule has 1 aromatic rings. The molecule has 24 heavy (non-hydrogen) atoms. The predicted molar refractivity (Wildman–Crippen MR) is 96.7 cm³/mol. The molecule has 0 radical (unpaired) electrons. The lowest BCUT2D eigenvalue weighted by molar-refractivity contribution is 0.0779. The highest BCUT2D eigenvalue weighted by Gasteiger charge is 2.30. The first-order chi connectivity index (χ1) is 11.6. The molecule has 2 aliphatic heterocycles. The quantitative estimate of drug-likeness (QED) is 0.847. The van der Waals surface area contributed by atoms with E-state index in [0.29, 0.717) is 27.9 Å². The summed E-state index contributed by atoms with van der Waals surface area (Å²) in [6.07, 6.45) is 5.02. The minimum absolute atomic E-state index is 0.0186. The van der Waals surface area contributed by atoms with Crippen LogP contribution in [0.25, 0.3) is 0 Å². The van der Waals surface area contributed by atoms with Crippen LogP contribution in [0.4, 0.5) is 5.69 Å². The number of amides is 1. The predicted octanol–water partition coefficient (Wildman–Crippen LogP) is 2.88. The summed E-state index contributed by atoms with van der Waals surface area (Å²) < 4.78 is 5.32. The van der Waals surface area contributed by atoms with Gasteiger partial charge in [0.25, 0.3) is 5.91 Å². The summed E-state index contributed by atoms with van der Waals surface area (Å²) in [4.78, 5) is 17.3. The Morgan fingerprint density at radius 1 is 1.29 bits per heavy atom. The number of nitrogen functional groups attached to an aromatic ring is 1. The largest absolute Gasteiger partial charge is 0.496 e. The number of benzene rings is 1. The van der Waals surface area contributed by atoms with Crippen LogP contribution in [0.3, 0.4) is 0 Å². The summed E-state index contributed by atoms with van der Waals surface area (Å²) in [5.74, 6) is 1.03. The molecule has 6 heteroatoms. The average Bonchev–Trinajstić information content (AvgIpc) is 3.05. The number of anilines is 1. The van der Waals surface area contributed by atoms with Crippen molar-refractivity contribution in [3.8, 4) is 5.75 Å². The van der Waals surface area contributed by atoms with Crippen LogP contribution in [0.5, 0.6) is 5.75 Å². The molecule has 2 N–H and O–H groups in total. The average molecular weight is 352 g/mol. The van der Waals surface area contributed by atoms with Gasteiger partial charge in [-0.25, -0.2) is 0 Å². The summed E-state index contributed by atoms with van der Waals surface area (Å²) >= 11 is 6.09. The Morgan fingerprint density at radius 3 is 2.75 bits per heavy atom. The molecule has 132 valence electrons. The van der Waals surface area contributed by atoms with Crippen LogP contribution in [0.2, 0.25) is 5.02 Å². The van der Waals surface area contributed by atoms with Gasteiger partial charge in [-0.1, -0.05) is 18.0 Å². The lowest BCUT2D eigenvalue weighted by Crippen LogP contribution is -2.36. The fraction of sp³-hybridized carbons (Fsp3) is 0.611. The first-order valence-electron chi connectivity index (χ1n) is 8.73. The zero-order valence-corrected chi connectivity index (χ0v) is 15.0. The number of hydrogen-bond acceptors (Lipinski definition) is 4. The van der Waals surface area contributed by atoms with Crippen LogP contribution in [0.1, 0.15) is 36.0 Å². The summed E-state index contributed by atoms with van der Waals surface area (Å²) in [7, 11) is 1.54. The molecule has 0 aromatic heterocycles. The Kier molecular flexibility index (Phi) is 5.51. The Bertz CT molecular complexity index is 602. The monoisotopic (exact) mass is 351 g/mol. The van der Waals surface area contributed by atoms with Crippen molar-refractivity contribution in [3.05, 3.63) is 22.7 Å². The summed E-state index contributed by atoms with van der Waals surface area (Å²) in [6.45, 7) is 5.10. The molecule has 0 bridgehead atoms. The number of nitrogens with zero attached hydrogens (tertiary/aromatic N) is 2. The molecule has 1 atom stereocenters. The van der Waals surface area contributed by atoms with Gasteiger partial charge in [-0.2, -0.15) is 0 Å². The second-order valence-corrected chi connectivity index (χ2v) is 7.25. The summed E-state index contributed by atoms with van der Waals surface area (Å²) in [5.41, 5.74) is 6.72. The molecule has 0 spiro atoms. The van der Waals surface area contributed by atoms with Crippen LogP contribution in [0.15, 0.2) is 12.1 Å². The highest BCUT2D eigenvalue weighted by atomic mass is 35.5. The van der Waals surface area contributed by atoms with Crippen molar-refractivity contribution in [3.63, 3.8) is 0 Å². The maximum Gasteiger partial charge on any atom is 0.257 e. The zero-order chi connectivity index (χ0) is 17.1. The Morgan fingerprint density at radius 2 is 2.04 bits per heavy atom. The molecule has 2 fully saturated rings. The topological polar surface area (TPSA) is 58.8 Å². The fourth-order valence-corrected chi connectivity index (χ4v) is 3.91. The van der Waals surface area contributed by atoms with Gasteiger partial charge < -0.3 is 20.3 Å². The lowest BCUT2D eigenvalue weighted by atomic mass is 10.1. The van der Waals surface area contributed by atoms with E-state index < -0.39 is 0 Å². The number of hydrogen-bond donors (Lipinski definition) is 1. The van der Waals surface area contributed by atoms with Gasteiger partial charge in [0, 0.05) is 25.7 Å². The number of carbonyl (C=O) groups excluding carboxylic acids is 1. The number of nitrogens with two attached hydrogens (primary N) is 1. The Labute approximate surface area is 148 Å². The van der Waals surface area contributed by atoms with Crippen molar-refractivity contribution < 1.29 is 9.53 Å². The second kappa shape index (κ2) is 7.62. The van der Waals surface area contributed by atoms with Crippen molar-refractivity contribution in [1.29, 1.82) is 0 Å². The first-order valence-corrected chi connectivity index (χ1v) is 9.11. The molecule has 0 aliphatic carbocycles. The van der Waals surface area contributed by atoms with Gasteiger partial charge in [0.2, 0.25) is 0 Å². The zero-order valence-electron chi connectivity index (χ0n) is 14.3. The van der Waals surface area contributed by atoms with Crippen LogP contribution >= 0.6 is 11.6 Å². The molecule has 1 aromatic carbocycles. The van der Waals surface area contributed by atoms with E-state index in [0.717, 1.165) is 26.1 Å². The van der Waals surface area contributed by atoms with Gasteiger partial charge in [0.1, 0.15) is 5.75 Å². The highest BCUT2D eigenvalue weighted by molar-refractivity contribution is 6.33. The van der Waals surface area contributed by atoms with Crippen LogP contribution in [-0.4, -0.2) is 55.5 Å². The van der Waals surface area contributed by atoms with E-state index in [1.807, 2.05) is 4.90 Å². The van der Waals surface area contributed by atoms with Crippen molar-refractivity contribution in [2.45, 2.75) is 25.7 Å². The molecular weight excluding hydrogens is 326 g/mol. The van der Waals surface area contributed by atoms with Gasteiger partial charge in [0.15, 0.2) is 0 Å². The fourth-order valence-electron chi connectivity index (χ4n) is 3.75. The number of carbonyl (C=O) groups is 1. The van der Waals surface area contributed by atoms with Gasteiger partial charge >= 0.3 is 0 Å². The van der Waals surface area contributed by atoms with Crippen molar-refractivity contribution in [2.75, 3.05) is 45.6 Å². The summed E-state index contributed by atoms with van der Waals surface area (Å²) in [5, 5.41) is 0.392. The highest BCUT2D eigenvalue weighted by Crippen LogP contribution is 2.31. The van der Waals surface area contributed by atoms with E-state index in [1.54, 1.807) is 19.2 Å². The maximum atomic E-state index is 12.9. The Balaban J connectivity index is 1.65. The Hall–Kier alpha value is -1.46.